The highest BCUT2D eigenvalue weighted by Gasteiger charge is 2.46. The van der Waals surface area contributed by atoms with E-state index in [9.17, 15) is 4.57 Å². The van der Waals surface area contributed by atoms with Crippen molar-refractivity contribution in [2.24, 2.45) is 0 Å². The first-order chi connectivity index (χ1) is 5.64. The Morgan fingerprint density at radius 1 is 1.42 bits per heavy atom. The molecule has 0 aromatic rings. The van der Waals surface area contributed by atoms with Gasteiger partial charge in [-0.15, -0.1) is 0 Å². The minimum absolute atomic E-state index is 0.342. The molecule has 0 N–H and O–H groups in total. The van der Waals surface area contributed by atoms with E-state index in [2.05, 4.69) is 0 Å². The smallest absolute Gasteiger partial charge is 0.297 e. The zero-order valence-electron chi connectivity index (χ0n) is 7.82. The van der Waals surface area contributed by atoms with Crippen LogP contribution in [0.25, 0.3) is 0 Å². The molecule has 1 rings (SSSR count). The predicted molar refractivity (Wildman–Crippen MR) is 47.0 cm³/mol. The van der Waals surface area contributed by atoms with Crippen LogP contribution in [-0.4, -0.2) is 30.5 Å². The fourth-order valence-electron chi connectivity index (χ4n) is 1.08. The van der Waals surface area contributed by atoms with Gasteiger partial charge in [0.1, 0.15) is 0 Å². The summed E-state index contributed by atoms with van der Waals surface area (Å²) in [7, 11) is -2.90. The number of nitrogens with zero attached hydrogens (tertiary/aromatic N) is 1. The van der Waals surface area contributed by atoms with Gasteiger partial charge in [0.05, 0.1) is 13.2 Å². The van der Waals surface area contributed by atoms with E-state index < -0.39 is 7.75 Å². The maximum Gasteiger partial charge on any atom is 0.408 e. The molecular weight excluding hydrogens is 177 g/mol. The molecule has 0 aliphatic carbocycles. The summed E-state index contributed by atoms with van der Waals surface area (Å²) in [6, 6.07) is 0.342. The van der Waals surface area contributed by atoms with Gasteiger partial charge in [-0.1, -0.05) is 0 Å². The van der Waals surface area contributed by atoms with Crippen molar-refractivity contribution in [3.8, 4) is 0 Å². The third kappa shape index (κ3) is 2.07. The van der Waals surface area contributed by atoms with Gasteiger partial charge in [-0.05, 0) is 20.8 Å². The van der Waals surface area contributed by atoms with Crippen molar-refractivity contribution >= 4 is 7.75 Å². The van der Waals surface area contributed by atoms with Crippen LogP contribution < -0.4 is 0 Å². The Morgan fingerprint density at radius 3 is 2.08 bits per heavy atom. The molecule has 0 saturated carbocycles. The molecule has 1 unspecified atom stereocenters. The SMILES string of the molecule is CCOP(=O)(OCC)N1C[C@H]1C. The topological polar surface area (TPSA) is 38.5 Å². The van der Waals surface area contributed by atoms with E-state index in [4.69, 9.17) is 9.05 Å². The molecule has 0 spiro atoms. The van der Waals surface area contributed by atoms with Crippen LogP contribution in [0.2, 0.25) is 0 Å². The second-order valence-electron chi connectivity index (χ2n) is 2.78. The van der Waals surface area contributed by atoms with Crippen LogP contribution >= 0.6 is 7.75 Å². The van der Waals surface area contributed by atoms with Crippen molar-refractivity contribution in [1.82, 2.24) is 4.67 Å². The lowest BCUT2D eigenvalue weighted by Crippen LogP contribution is -2.05. The molecule has 1 heterocycles. The zero-order chi connectivity index (χ0) is 9.19. The normalized spacial score (nSPS) is 28.9. The average molecular weight is 193 g/mol. The first-order valence-corrected chi connectivity index (χ1v) is 5.79. The molecule has 5 heteroatoms. The summed E-state index contributed by atoms with van der Waals surface area (Å²) in [4.78, 5) is 0. The Labute approximate surface area is 73.4 Å². The van der Waals surface area contributed by atoms with Crippen LogP contribution in [-0.2, 0) is 13.6 Å². The van der Waals surface area contributed by atoms with E-state index in [1.807, 2.05) is 20.8 Å². The summed E-state index contributed by atoms with van der Waals surface area (Å²) in [5, 5.41) is 0. The molecule has 0 amide bonds. The lowest BCUT2D eigenvalue weighted by atomic mass is 10.6. The summed E-state index contributed by atoms with van der Waals surface area (Å²) in [5.74, 6) is 0. The van der Waals surface area contributed by atoms with Crippen molar-refractivity contribution in [3.63, 3.8) is 0 Å². The predicted octanol–water partition coefficient (Wildman–Crippen LogP) is 1.87. The summed E-state index contributed by atoms with van der Waals surface area (Å²) < 4.78 is 23.9. The fourth-order valence-corrected chi connectivity index (χ4v) is 3.02. The van der Waals surface area contributed by atoms with Gasteiger partial charge in [-0.2, -0.15) is 0 Å². The van der Waals surface area contributed by atoms with Gasteiger partial charge in [0.15, 0.2) is 0 Å². The molecule has 1 saturated heterocycles. The van der Waals surface area contributed by atoms with E-state index in [1.54, 1.807) is 4.67 Å². The highest BCUT2D eigenvalue weighted by Crippen LogP contribution is 2.58. The quantitative estimate of drug-likeness (QED) is 0.493. The van der Waals surface area contributed by atoms with Crippen molar-refractivity contribution in [2.75, 3.05) is 19.8 Å². The van der Waals surface area contributed by atoms with Crippen molar-refractivity contribution < 1.29 is 13.6 Å². The summed E-state index contributed by atoms with van der Waals surface area (Å²) >= 11 is 0. The van der Waals surface area contributed by atoms with Crippen LogP contribution in [0.1, 0.15) is 20.8 Å². The van der Waals surface area contributed by atoms with Gasteiger partial charge >= 0.3 is 7.75 Å². The van der Waals surface area contributed by atoms with Crippen LogP contribution in [0, 0.1) is 0 Å². The minimum atomic E-state index is -2.90. The minimum Gasteiger partial charge on any atom is -0.297 e. The average Bonchev–Trinajstić information content (AvgIpc) is 2.68. The third-order valence-corrected chi connectivity index (χ3v) is 4.08. The first kappa shape index (κ1) is 10.2. The first-order valence-electron chi connectivity index (χ1n) is 4.30. The van der Waals surface area contributed by atoms with Crippen LogP contribution in [0.5, 0.6) is 0 Å². The van der Waals surface area contributed by atoms with Gasteiger partial charge in [0.25, 0.3) is 0 Å². The second kappa shape index (κ2) is 3.88. The molecule has 0 aromatic heterocycles. The third-order valence-electron chi connectivity index (χ3n) is 1.73. The molecule has 1 fully saturated rings. The molecule has 0 radical (unpaired) electrons. The highest BCUT2D eigenvalue weighted by atomic mass is 31.2. The number of rotatable bonds is 5. The van der Waals surface area contributed by atoms with E-state index in [0.717, 1.165) is 6.54 Å². The van der Waals surface area contributed by atoms with E-state index in [-0.39, 0.29) is 0 Å². The zero-order valence-corrected chi connectivity index (χ0v) is 8.71. The number of hydrogen-bond acceptors (Lipinski definition) is 3. The summed E-state index contributed by atoms with van der Waals surface area (Å²) in [6.45, 7) is 7.32. The summed E-state index contributed by atoms with van der Waals surface area (Å²) in [6.07, 6.45) is 0. The molecule has 12 heavy (non-hydrogen) atoms. The Kier molecular flexibility index (Phi) is 3.29. The van der Waals surface area contributed by atoms with Crippen LogP contribution in [0.15, 0.2) is 0 Å². The Morgan fingerprint density at radius 2 is 1.83 bits per heavy atom. The standard InChI is InChI=1S/C7H16NO3P/c1-4-10-12(9,11-5-2)8-6-7(8)3/h7H,4-6H2,1-3H3/t7-,8?/m1/s1. The van der Waals surface area contributed by atoms with Gasteiger partial charge in [0, 0.05) is 12.6 Å². The van der Waals surface area contributed by atoms with Gasteiger partial charge in [-0.25, -0.2) is 9.24 Å². The maximum absolute atomic E-state index is 11.9. The fraction of sp³-hybridized carbons (Fsp3) is 1.00. The van der Waals surface area contributed by atoms with Gasteiger partial charge in [-0.3, -0.25) is 9.05 Å². The van der Waals surface area contributed by atoms with Crippen molar-refractivity contribution in [2.45, 2.75) is 26.8 Å². The second-order valence-corrected chi connectivity index (χ2v) is 4.74. The molecule has 0 bridgehead atoms. The molecule has 1 aliphatic rings. The Bertz CT molecular complexity index is 187. The number of hydrogen-bond donors (Lipinski definition) is 0. The monoisotopic (exact) mass is 193 g/mol. The molecule has 1 aliphatic heterocycles. The van der Waals surface area contributed by atoms with Gasteiger partial charge in [0.2, 0.25) is 0 Å². The van der Waals surface area contributed by atoms with Crippen molar-refractivity contribution in [3.05, 3.63) is 0 Å². The summed E-state index contributed by atoms with van der Waals surface area (Å²) in [5.41, 5.74) is 0. The molecule has 2 atom stereocenters. The van der Waals surface area contributed by atoms with E-state index >= 15 is 0 Å². The van der Waals surface area contributed by atoms with Crippen LogP contribution in [0.4, 0.5) is 0 Å². The largest absolute Gasteiger partial charge is 0.408 e. The Hall–Kier alpha value is 0.110. The van der Waals surface area contributed by atoms with Crippen molar-refractivity contribution in [1.29, 1.82) is 0 Å². The lowest BCUT2D eigenvalue weighted by molar-refractivity contribution is 0.195. The maximum atomic E-state index is 11.9. The molecule has 4 nitrogen and oxygen atoms in total. The van der Waals surface area contributed by atoms with E-state index in [0.29, 0.717) is 19.3 Å². The Balaban J connectivity index is 2.53. The van der Waals surface area contributed by atoms with Crippen LogP contribution in [0.3, 0.4) is 0 Å². The van der Waals surface area contributed by atoms with E-state index in [1.165, 1.54) is 0 Å². The van der Waals surface area contributed by atoms with Gasteiger partial charge < -0.3 is 0 Å². The molecule has 0 aromatic carbocycles. The highest BCUT2D eigenvalue weighted by molar-refractivity contribution is 7.51. The lowest BCUT2D eigenvalue weighted by Gasteiger charge is -2.17. The molecule has 72 valence electrons. The molecular formula is C7H16NO3P.